The summed E-state index contributed by atoms with van der Waals surface area (Å²) in [5.41, 5.74) is 0. The molecule has 0 fully saturated rings. The highest BCUT2D eigenvalue weighted by atomic mass is 16.7. The van der Waals surface area contributed by atoms with Crippen molar-refractivity contribution in [1.82, 2.24) is 5.06 Å². The van der Waals surface area contributed by atoms with Gasteiger partial charge in [-0.3, -0.25) is 9.63 Å². The SMILES string of the molecule is [CH]C(=O)N(C)OC. The molecule has 3 heteroatoms. The van der Waals surface area contributed by atoms with Gasteiger partial charge in [0.1, 0.15) is 0 Å². The van der Waals surface area contributed by atoms with Crippen LogP contribution in [0.5, 0.6) is 0 Å². The Morgan fingerprint density at radius 3 is 2.29 bits per heavy atom. The Kier molecular flexibility index (Phi) is 2.37. The van der Waals surface area contributed by atoms with Gasteiger partial charge in [0.2, 0.25) is 0 Å². The summed E-state index contributed by atoms with van der Waals surface area (Å²) in [6.45, 7) is 4.71. The second-order valence-electron chi connectivity index (χ2n) is 1.02. The van der Waals surface area contributed by atoms with Crippen molar-refractivity contribution in [2.24, 2.45) is 0 Å². The fourth-order valence-electron chi connectivity index (χ4n) is 0.0900. The summed E-state index contributed by atoms with van der Waals surface area (Å²) >= 11 is 0. The highest BCUT2D eigenvalue weighted by Crippen LogP contribution is 1.77. The lowest BCUT2D eigenvalue weighted by Gasteiger charge is -2.08. The number of hydrogen-bond donors (Lipinski definition) is 0. The molecule has 0 aromatic rings. The van der Waals surface area contributed by atoms with Crippen LogP contribution in [0.25, 0.3) is 0 Å². The maximum absolute atomic E-state index is 9.95. The van der Waals surface area contributed by atoms with Crippen molar-refractivity contribution in [1.29, 1.82) is 0 Å². The Labute approximate surface area is 42.8 Å². The summed E-state index contributed by atoms with van der Waals surface area (Å²) in [7, 11) is 2.80. The molecule has 0 heterocycles. The topological polar surface area (TPSA) is 29.5 Å². The zero-order chi connectivity index (χ0) is 5.86. The summed E-state index contributed by atoms with van der Waals surface area (Å²) in [5, 5.41) is 0.931. The van der Waals surface area contributed by atoms with Crippen molar-refractivity contribution >= 4 is 5.91 Å². The lowest BCUT2D eigenvalue weighted by molar-refractivity contribution is -0.163. The molecule has 0 aromatic heterocycles. The smallest absolute Gasteiger partial charge is 0.250 e. The van der Waals surface area contributed by atoms with Crippen molar-refractivity contribution in [3.05, 3.63) is 6.92 Å². The summed E-state index contributed by atoms with van der Waals surface area (Å²) in [6.07, 6.45) is 0. The second kappa shape index (κ2) is 2.58. The fourth-order valence-corrected chi connectivity index (χ4v) is 0.0900. The molecule has 0 aliphatic heterocycles. The van der Waals surface area contributed by atoms with Crippen LogP contribution in [0.4, 0.5) is 0 Å². The van der Waals surface area contributed by atoms with E-state index in [1.165, 1.54) is 14.2 Å². The van der Waals surface area contributed by atoms with Gasteiger partial charge in [-0.1, -0.05) is 0 Å². The fraction of sp³-hybridized carbons (Fsp3) is 0.500. The third-order valence-electron chi connectivity index (χ3n) is 0.584. The zero-order valence-corrected chi connectivity index (χ0v) is 4.34. The molecule has 0 bridgehead atoms. The Balaban J connectivity index is 3.34. The van der Waals surface area contributed by atoms with Gasteiger partial charge in [-0.15, -0.1) is 0 Å². The van der Waals surface area contributed by atoms with Crippen molar-refractivity contribution in [2.75, 3.05) is 14.2 Å². The third-order valence-corrected chi connectivity index (χ3v) is 0.584. The average molecular weight is 101 g/mol. The van der Waals surface area contributed by atoms with E-state index < -0.39 is 5.91 Å². The van der Waals surface area contributed by atoms with Gasteiger partial charge >= 0.3 is 0 Å². The molecule has 0 rings (SSSR count). The Hall–Kier alpha value is -0.570. The highest BCUT2D eigenvalue weighted by Gasteiger charge is 1.95. The third kappa shape index (κ3) is 2.17. The quantitative estimate of drug-likeness (QED) is 0.425. The standard InChI is InChI=1S/C4H7NO2/c1-4(6)5(2)7-3/h1H,2-3H3. The highest BCUT2D eigenvalue weighted by molar-refractivity contribution is 5.78. The Morgan fingerprint density at radius 2 is 2.29 bits per heavy atom. The minimum Gasteiger partial charge on any atom is -0.275 e. The first-order valence-corrected chi connectivity index (χ1v) is 1.75. The molecule has 40 valence electrons. The largest absolute Gasteiger partial charge is 0.275 e. The second-order valence-corrected chi connectivity index (χ2v) is 1.02. The maximum atomic E-state index is 9.95. The molecule has 0 aromatic carbocycles. The average Bonchev–Trinajstić information content (AvgIpc) is 1.65. The summed E-state index contributed by atoms with van der Waals surface area (Å²) in [4.78, 5) is 14.3. The molecule has 0 atom stereocenters. The first-order valence-electron chi connectivity index (χ1n) is 1.75. The van der Waals surface area contributed by atoms with Crippen molar-refractivity contribution in [2.45, 2.75) is 0 Å². The van der Waals surface area contributed by atoms with Crippen LogP contribution in [0.3, 0.4) is 0 Å². The molecular weight excluding hydrogens is 94.0 g/mol. The van der Waals surface area contributed by atoms with Crippen molar-refractivity contribution < 1.29 is 9.63 Å². The van der Waals surface area contributed by atoms with E-state index in [-0.39, 0.29) is 0 Å². The van der Waals surface area contributed by atoms with E-state index in [0.717, 1.165) is 5.06 Å². The van der Waals surface area contributed by atoms with Gasteiger partial charge in [0.05, 0.1) is 14.0 Å². The van der Waals surface area contributed by atoms with E-state index in [1.807, 2.05) is 0 Å². The van der Waals surface area contributed by atoms with Crippen LogP contribution in [0, 0.1) is 6.92 Å². The van der Waals surface area contributed by atoms with Crippen LogP contribution in [-0.4, -0.2) is 25.1 Å². The minimum absolute atomic E-state index is 0.595. The van der Waals surface area contributed by atoms with Crippen LogP contribution in [0.15, 0.2) is 0 Å². The van der Waals surface area contributed by atoms with E-state index in [2.05, 4.69) is 4.84 Å². The van der Waals surface area contributed by atoms with Gasteiger partial charge in [0, 0.05) is 7.05 Å². The number of amides is 1. The Bertz CT molecular complexity index is 72.1. The summed E-state index contributed by atoms with van der Waals surface area (Å²) < 4.78 is 0. The van der Waals surface area contributed by atoms with Crippen LogP contribution in [-0.2, 0) is 9.63 Å². The predicted octanol–water partition coefficient (Wildman–Crippen LogP) is -0.283. The van der Waals surface area contributed by atoms with Crippen LogP contribution >= 0.6 is 0 Å². The van der Waals surface area contributed by atoms with E-state index in [1.54, 1.807) is 0 Å². The molecule has 0 N–H and O–H groups in total. The van der Waals surface area contributed by atoms with E-state index in [9.17, 15) is 4.79 Å². The first kappa shape index (κ1) is 6.43. The van der Waals surface area contributed by atoms with Gasteiger partial charge < -0.3 is 0 Å². The van der Waals surface area contributed by atoms with Crippen LogP contribution in [0.1, 0.15) is 0 Å². The molecule has 1 amide bonds. The molecule has 0 saturated carbocycles. The molecule has 0 saturated heterocycles. The number of hydroxylamine groups is 2. The molecule has 3 nitrogen and oxygen atoms in total. The minimum atomic E-state index is -0.595. The number of hydrogen-bond acceptors (Lipinski definition) is 2. The van der Waals surface area contributed by atoms with E-state index >= 15 is 0 Å². The van der Waals surface area contributed by atoms with Crippen molar-refractivity contribution in [3.8, 4) is 0 Å². The number of carbonyl (C=O) groups excluding carboxylic acids is 1. The Morgan fingerprint density at radius 1 is 1.86 bits per heavy atom. The molecule has 0 aliphatic rings. The maximum Gasteiger partial charge on any atom is 0.250 e. The predicted molar refractivity (Wildman–Crippen MR) is 24.1 cm³/mol. The molecule has 7 heavy (non-hydrogen) atoms. The van der Waals surface area contributed by atoms with Crippen molar-refractivity contribution in [3.63, 3.8) is 0 Å². The number of carbonyl (C=O) groups is 1. The molecule has 0 spiro atoms. The summed E-state index contributed by atoms with van der Waals surface area (Å²) in [6, 6.07) is 0. The van der Waals surface area contributed by atoms with Gasteiger partial charge in [-0.25, -0.2) is 5.06 Å². The van der Waals surface area contributed by atoms with Gasteiger partial charge in [0.15, 0.2) is 0 Å². The normalized spacial score (nSPS) is 8.43. The molecule has 0 aliphatic carbocycles. The first-order chi connectivity index (χ1) is 3.18. The summed E-state index contributed by atoms with van der Waals surface area (Å²) in [5.74, 6) is -0.595. The van der Waals surface area contributed by atoms with Gasteiger partial charge in [-0.2, -0.15) is 0 Å². The zero-order valence-electron chi connectivity index (χ0n) is 4.34. The number of nitrogens with zero attached hydrogens (tertiary/aromatic N) is 1. The van der Waals surface area contributed by atoms with E-state index in [0.29, 0.717) is 0 Å². The lowest BCUT2D eigenvalue weighted by atomic mass is 10.7. The van der Waals surface area contributed by atoms with Crippen LogP contribution in [0.2, 0.25) is 0 Å². The molecule has 2 radical (unpaired) electrons. The van der Waals surface area contributed by atoms with Crippen LogP contribution < -0.4 is 0 Å². The molecule has 0 unspecified atom stereocenters. The number of rotatable bonds is 1. The van der Waals surface area contributed by atoms with Gasteiger partial charge in [-0.05, 0) is 0 Å². The molecular formula is C4H7NO2. The van der Waals surface area contributed by atoms with E-state index in [4.69, 9.17) is 6.92 Å². The monoisotopic (exact) mass is 101 g/mol. The van der Waals surface area contributed by atoms with Gasteiger partial charge in [0.25, 0.3) is 5.91 Å². The lowest BCUT2D eigenvalue weighted by Crippen LogP contribution is -2.21.